The summed E-state index contributed by atoms with van der Waals surface area (Å²) in [7, 11) is 0. The highest BCUT2D eigenvalue weighted by Gasteiger charge is 2.66. The molecule has 0 radical (unpaired) electrons. The Balaban J connectivity index is 1.67. The van der Waals surface area contributed by atoms with Gasteiger partial charge in [-0.1, -0.05) is 0 Å². The second-order valence-corrected chi connectivity index (χ2v) is 7.72. The second-order valence-electron chi connectivity index (χ2n) is 7.07. The molecule has 2 nitrogen and oxygen atoms in total. The van der Waals surface area contributed by atoms with Crippen LogP contribution in [0, 0.1) is 29.5 Å². The van der Waals surface area contributed by atoms with Gasteiger partial charge in [0, 0.05) is 12.1 Å². The molecular formula is C17H18ClFN2. The summed E-state index contributed by atoms with van der Waals surface area (Å²) >= 11 is 6.36. The zero-order chi connectivity index (χ0) is 14.3. The van der Waals surface area contributed by atoms with Crippen molar-refractivity contribution in [3.8, 4) is 0 Å². The molecule has 1 aromatic carbocycles. The quantitative estimate of drug-likeness (QED) is 0.736. The lowest BCUT2D eigenvalue weighted by atomic mass is 10.0. The zero-order valence-electron chi connectivity index (χ0n) is 12.0. The van der Waals surface area contributed by atoms with E-state index < -0.39 is 0 Å². The minimum Gasteiger partial charge on any atom is -0.323 e. The van der Waals surface area contributed by atoms with Crippen molar-refractivity contribution >= 4 is 22.6 Å². The van der Waals surface area contributed by atoms with Crippen LogP contribution < -0.4 is 0 Å². The van der Waals surface area contributed by atoms with Crippen LogP contribution in [-0.2, 0) is 0 Å². The molecule has 1 heterocycles. The van der Waals surface area contributed by atoms with Gasteiger partial charge in [0.25, 0.3) is 0 Å². The van der Waals surface area contributed by atoms with Crippen LogP contribution in [-0.4, -0.2) is 9.55 Å². The maximum Gasteiger partial charge on any atom is 0.127 e. The van der Waals surface area contributed by atoms with Gasteiger partial charge in [-0.25, -0.2) is 9.37 Å². The smallest absolute Gasteiger partial charge is 0.127 e. The zero-order valence-corrected chi connectivity index (χ0v) is 12.7. The molecule has 5 unspecified atom stereocenters. The molecule has 3 aliphatic rings. The molecule has 0 aliphatic heterocycles. The van der Waals surface area contributed by atoms with Crippen LogP contribution in [0.25, 0.3) is 11.0 Å². The summed E-state index contributed by atoms with van der Waals surface area (Å²) in [5.74, 6) is 4.14. The van der Waals surface area contributed by atoms with Gasteiger partial charge in [-0.15, -0.1) is 11.6 Å². The summed E-state index contributed by atoms with van der Waals surface area (Å²) in [5, 5.41) is -0.139. The second kappa shape index (κ2) is 4.01. The minimum absolute atomic E-state index is 0.139. The lowest BCUT2D eigenvalue weighted by Crippen LogP contribution is -2.09. The van der Waals surface area contributed by atoms with Crippen molar-refractivity contribution in [2.24, 2.45) is 23.7 Å². The third-order valence-electron chi connectivity index (χ3n) is 6.03. The summed E-state index contributed by atoms with van der Waals surface area (Å²) in [6, 6.07) is 5.50. The van der Waals surface area contributed by atoms with Crippen LogP contribution in [0.15, 0.2) is 18.2 Å². The Kier molecular flexibility index (Phi) is 2.38. The Morgan fingerprint density at radius 1 is 1.29 bits per heavy atom. The first kappa shape index (κ1) is 12.5. The Bertz CT molecular complexity index is 722. The van der Waals surface area contributed by atoms with Crippen molar-refractivity contribution in [2.75, 3.05) is 0 Å². The van der Waals surface area contributed by atoms with E-state index in [2.05, 4.69) is 9.55 Å². The number of alkyl halides is 1. The molecule has 0 saturated heterocycles. The number of nitrogens with zero attached hydrogens (tertiary/aromatic N) is 2. The maximum atomic E-state index is 13.5. The number of benzene rings is 1. The van der Waals surface area contributed by atoms with Gasteiger partial charge in [-0.2, -0.15) is 0 Å². The number of halogens is 2. The fourth-order valence-corrected chi connectivity index (χ4v) is 5.46. The number of hydrogen-bond donors (Lipinski definition) is 0. The molecule has 21 heavy (non-hydrogen) atoms. The topological polar surface area (TPSA) is 17.8 Å². The van der Waals surface area contributed by atoms with Crippen molar-refractivity contribution in [2.45, 2.75) is 37.6 Å². The van der Waals surface area contributed by atoms with Gasteiger partial charge in [-0.05, 0) is 62.0 Å². The molecule has 0 N–H and O–H groups in total. The van der Waals surface area contributed by atoms with Crippen LogP contribution in [0.1, 0.15) is 43.4 Å². The predicted molar refractivity (Wildman–Crippen MR) is 80.8 cm³/mol. The molecule has 3 aliphatic carbocycles. The molecule has 2 aromatic rings. The van der Waals surface area contributed by atoms with Crippen LogP contribution in [0.4, 0.5) is 4.39 Å². The van der Waals surface area contributed by atoms with E-state index in [-0.39, 0.29) is 11.2 Å². The van der Waals surface area contributed by atoms with E-state index >= 15 is 0 Å². The summed E-state index contributed by atoms with van der Waals surface area (Å²) in [5.41, 5.74) is 1.80. The summed E-state index contributed by atoms with van der Waals surface area (Å²) in [6.45, 7) is 1.96. The molecule has 110 valence electrons. The lowest BCUT2D eigenvalue weighted by Gasteiger charge is -2.15. The fourth-order valence-electron chi connectivity index (χ4n) is 5.31. The van der Waals surface area contributed by atoms with Crippen molar-refractivity contribution in [3.63, 3.8) is 0 Å². The monoisotopic (exact) mass is 304 g/mol. The number of imidazole rings is 1. The molecule has 0 amide bonds. The Labute approximate surface area is 128 Å². The number of rotatable bonds is 2. The minimum atomic E-state index is -0.225. The van der Waals surface area contributed by atoms with Gasteiger partial charge in [0.15, 0.2) is 0 Å². The highest BCUT2D eigenvalue weighted by Crippen LogP contribution is 2.72. The van der Waals surface area contributed by atoms with Crippen LogP contribution >= 0.6 is 11.6 Å². The molecule has 0 spiro atoms. The Morgan fingerprint density at radius 2 is 2.00 bits per heavy atom. The highest BCUT2D eigenvalue weighted by molar-refractivity contribution is 6.20. The van der Waals surface area contributed by atoms with Crippen molar-refractivity contribution in [3.05, 3.63) is 29.8 Å². The third kappa shape index (κ3) is 1.56. The SMILES string of the molecule is CC(Cl)c1nc2cc(F)ccc2n1C1C2C3CCC(C3)C21. The Morgan fingerprint density at radius 3 is 2.67 bits per heavy atom. The first-order valence-corrected chi connectivity index (χ1v) is 8.40. The number of hydrogen-bond acceptors (Lipinski definition) is 1. The fraction of sp³-hybridized carbons (Fsp3) is 0.588. The Hall–Kier alpha value is -1.09. The number of fused-ring (bicyclic) bond motifs is 6. The lowest BCUT2D eigenvalue weighted by molar-refractivity contribution is 0.451. The van der Waals surface area contributed by atoms with E-state index in [9.17, 15) is 4.39 Å². The highest BCUT2D eigenvalue weighted by atomic mass is 35.5. The average Bonchev–Trinajstić information content (AvgIpc) is 2.80. The normalized spacial score (nSPS) is 38.0. The first-order chi connectivity index (χ1) is 10.1. The van der Waals surface area contributed by atoms with E-state index in [1.165, 1.54) is 31.4 Å². The van der Waals surface area contributed by atoms with E-state index in [0.717, 1.165) is 40.5 Å². The van der Waals surface area contributed by atoms with Gasteiger partial charge in [-0.3, -0.25) is 0 Å². The maximum absolute atomic E-state index is 13.5. The molecule has 3 fully saturated rings. The van der Waals surface area contributed by atoms with Crippen molar-refractivity contribution in [1.82, 2.24) is 9.55 Å². The van der Waals surface area contributed by atoms with Gasteiger partial charge in [0.05, 0.1) is 16.4 Å². The van der Waals surface area contributed by atoms with Gasteiger partial charge in [0.2, 0.25) is 0 Å². The predicted octanol–water partition coefficient (Wildman–Crippen LogP) is 4.69. The van der Waals surface area contributed by atoms with E-state index in [0.29, 0.717) is 6.04 Å². The molecule has 2 bridgehead atoms. The summed E-state index contributed by atoms with van der Waals surface area (Å²) < 4.78 is 15.8. The molecule has 1 aromatic heterocycles. The van der Waals surface area contributed by atoms with E-state index in [1.54, 1.807) is 0 Å². The molecular weight excluding hydrogens is 287 g/mol. The molecule has 5 rings (SSSR count). The van der Waals surface area contributed by atoms with E-state index in [1.807, 2.05) is 13.0 Å². The number of aromatic nitrogens is 2. The van der Waals surface area contributed by atoms with Gasteiger partial charge in [0.1, 0.15) is 11.6 Å². The standard InChI is InChI=1S/C17H18ClFN2/c1-8(18)17-20-12-7-11(19)4-5-13(12)21(17)16-14-9-2-3-10(6-9)15(14)16/h4-5,7-10,14-16H,2-3,6H2,1H3. The van der Waals surface area contributed by atoms with Crippen LogP contribution in [0.3, 0.4) is 0 Å². The van der Waals surface area contributed by atoms with Crippen molar-refractivity contribution in [1.29, 1.82) is 0 Å². The van der Waals surface area contributed by atoms with Crippen LogP contribution in [0.5, 0.6) is 0 Å². The van der Waals surface area contributed by atoms with Crippen molar-refractivity contribution < 1.29 is 4.39 Å². The molecule has 3 saturated carbocycles. The summed E-state index contributed by atoms with van der Waals surface area (Å²) in [6.07, 6.45) is 4.23. The van der Waals surface area contributed by atoms with Gasteiger partial charge >= 0.3 is 0 Å². The average molecular weight is 305 g/mol. The van der Waals surface area contributed by atoms with Crippen LogP contribution in [0.2, 0.25) is 0 Å². The molecule has 4 heteroatoms. The first-order valence-electron chi connectivity index (χ1n) is 7.96. The van der Waals surface area contributed by atoms with E-state index in [4.69, 9.17) is 11.6 Å². The van der Waals surface area contributed by atoms with Gasteiger partial charge < -0.3 is 4.57 Å². The summed E-state index contributed by atoms with van der Waals surface area (Å²) in [4.78, 5) is 4.62. The molecule has 5 atom stereocenters. The third-order valence-corrected chi connectivity index (χ3v) is 6.22. The largest absolute Gasteiger partial charge is 0.323 e.